The molecule has 0 saturated carbocycles. The SMILES string of the molecule is C.CC.CC.CC(C)C.CC(C)C1CCOCC1.CC(C)C1CCOCC1.[2HH]. The van der Waals surface area contributed by atoms with Gasteiger partial charge in [-0.25, -0.2) is 0 Å². The minimum absolute atomic E-state index is 0. The molecule has 0 aromatic carbocycles. The molecule has 0 bridgehead atoms. The van der Waals surface area contributed by atoms with Gasteiger partial charge in [0.15, 0.2) is 0 Å². The third-order valence-corrected chi connectivity index (χ3v) is 4.42. The molecule has 0 spiro atoms. The second kappa shape index (κ2) is 25.9. The van der Waals surface area contributed by atoms with Crippen molar-refractivity contribution in [2.24, 2.45) is 29.6 Å². The van der Waals surface area contributed by atoms with Crippen LogP contribution in [0.5, 0.6) is 0 Å². The van der Waals surface area contributed by atoms with Gasteiger partial charge in [0.05, 0.1) is 0 Å². The highest BCUT2D eigenvalue weighted by Gasteiger charge is 2.16. The first-order valence-electron chi connectivity index (χ1n) is 11.5. The van der Waals surface area contributed by atoms with E-state index in [1.54, 1.807) is 0 Å². The molecule has 2 nitrogen and oxygen atoms in total. The third-order valence-electron chi connectivity index (χ3n) is 4.42. The minimum atomic E-state index is 0. The van der Waals surface area contributed by atoms with Crippen molar-refractivity contribution in [3.8, 4) is 0 Å². The van der Waals surface area contributed by atoms with Gasteiger partial charge in [-0.3, -0.25) is 0 Å². The van der Waals surface area contributed by atoms with E-state index in [2.05, 4.69) is 48.5 Å². The average molecular weight is 394 g/mol. The van der Waals surface area contributed by atoms with Crippen LogP contribution >= 0.6 is 0 Å². The highest BCUT2D eigenvalue weighted by Crippen LogP contribution is 2.23. The van der Waals surface area contributed by atoms with Gasteiger partial charge in [0, 0.05) is 27.9 Å². The Morgan fingerprint density at radius 3 is 0.852 bits per heavy atom. The van der Waals surface area contributed by atoms with Gasteiger partial charge in [-0.2, -0.15) is 0 Å². The molecule has 2 saturated heterocycles. The summed E-state index contributed by atoms with van der Waals surface area (Å²) in [5.74, 6) is 4.40. The molecular formula is C25H60O2. The van der Waals surface area contributed by atoms with E-state index in [0.717, 1.165) is 56.0 Å². The van der Waals surface area contributed by atoms with Crippen molar-refractivity contribution in [2.75, 3.05) is 26.4 Å². The van der Waals surface area contributed by atoms with Crippen molar-refractivity contribution in [1.82, 2.24) is 0 Å². The van der Waals surface area contributed by atoms with Crippen LogP contribution in [-0.2, 0) is 9.47 Å². The van der Waals surface area contributed by atoms with Gasteiger partial charge in [-0.15, -0.1) is 0 Å². The predicted octanol–water partition coefficient (Wildman–Crippen LogP) is 8.73. The first-order valence-corrected chi connectivity index (χ1v) is 11.5. The number of ether oxygens (including phenoxy) is 2. The Labute approximate surface area is 176 Å². The summed E-state index contributed by atoms with van der Waals surface area (Å²) in [6.07, 6.45) is 5.10. The summed E-state index contributed by atoms with van der Waals surface area (Å²) in [5.41, 5.74) is 0. The lowest BCUT2D eigenvalue weighted by atomic mass is 9.89. The summed E-state index contributed by atoms with van der Waals surface area (Å²) in [6.45, 7) is 27.7. The Hall–Kier alpha value is -0.0800. The topological polar surface area (TPSA) is 18.5 Å². The van der Waals surface area contributed by atoms with Crippen molar-refractivity contribution >= 4 is 0 Å². The summed E-state index contributed by atoms with van der Waals surface area (Å²) in [5, 5.41) is 0. The molecule has 27 heavy (non-hydrogen) atoms. The summed E-state index contributed by atoms with van der Waals surface area (Å²) >= 11 is 0. The number of hydrogen-bond donors (Lipinski definition) is 0. The van der Waals surface area contributed by atoms with Crippen LogP contribution in [0, 0.1) is 29.6 Å². The summed E-state index contributed by atoms with van der Waals surface area (Å²) < 4.78 is 10.5. The second-order valence-electron chi connectivity index (χ2n) is 8.12. The maximum absolute atomic E-state index is 5.25. The maximum Gasteiger partial charge on any atom is 0.0468 e. The van der Waals surface area contributed by atoms with E-state index in [4.69, 9.17) is 9.47 Å². The van der Waals surface area contributed by atoms with Crippen molar-refractivity contribution in [3.05, 3.63) is 0 Å². The molecule has 0 aliphatic carbocycles. The van der Waals surface area contributed by atoms with E-state index < -0.39 is 0 Å². The molecule has 2 heteroatoms. The lowest BCUT2D eigenvalue weighted by molar-refractivity contribution is 0.0522. The highest BCUT2D eigenvalue weighted by molar-refractivity contribution is 4.66. The second-order valence-corrected chi connectivity index (χ2v) is 8.12. The average Bonchev–Trinajstić information content (AvgIpc) is 2.66. The van der Waals surface area contributed by atoms with E-state index >= 15 is 0 Å². The Balaban J connectivity index is -0.0000000881. The lowest BCUT2D eigenvalue weighted by Gasteiger charge is -2.24. The predicted molar refractivity (Wildman–Crippen MR) is 129 cm³/mol. The van der Waals surface area contributed by atoms with E-state index in [0.29, 0.717) is 0 Å². The molecule has 2 rings (SSSR count). The summed E-state index contributed by atoms with van der Waals surface area (Å²) in [4.78, 5) is 0. The Bertz CT molecular complexity index is 206. The molecule has 172 valence electrons. The molecule has 0 atom stereocenters. The van der Waals surface area contributed by atoms with E-state index in [9.17, 15) is 0 Å². The summed E-state index contributed by atoms with van der Waals surface area (Å²) in [6, 6.07) is 0. The number of hydrogen-bond acceptors (Lipinski definition) is 2. The monoisotopic (exact) mass is 393 g/mol. The van der Waals surface area contributed by atoms with Crippen LogP contribution in [0.4, 0.5) is 0 Å². The molecule has 0 unspecified atom stereocenters. The van der Waals surface area contributed by atoms with Crippen molar-refractivity contribution in [2.45, 2.75) is 109 Å². The first kappa shape index (κ1) is 34.4. The van der Waals surface area contributed by atoms with Gasteiger partial charge < -0.3 is 9.47 Å². The molecule has 2 aliphatic heterocycles. The van der Waals surface area contributed by atoms with E-state index in [1.807, 2.05) is 27.7 Å². The van der Waals surface area contributed by atoms with Crippen LogP contribution in [0.15, 0.2) is 0 Å². The van der Waals surface area contributed by atoms with Crippen molar-refractivity contribution < 1.29 is 10.9 Å². The lowest BCUT2D eigenvalue weighted by Crippen LogP contribution is -2.19. The van der Waals surface area contributed by atoms with Gasteiger partial charge >= 0.3 is 0 Å². The molecule has 0 aromatic rings. The zero-order valence-electron chi connectivity index (χ0n) is 20.4. The van der Waals surface area contributed by atoms with Crippen LogP contribution in [0.3, 0.4) is 0 Å². The molecule has 2 heterocycles. The van der Waals surface area contributed by atoms with Crippen LogP contribution in [-0.4, -0.2) is 26.4 Å². The smallest absolute Gasteiger partial charge is 0.0468 e. The molecular weight excluding hydrogens is 332 g/mol. The fourth-order valence-corrected chi connectivity index (χ4v) is 2.76. The normalized spacial score (nSPS) is 17.1. The van der Waals surface area contributed by atoms with Gasteiger partial charge in [-0.1, -0.05) is 83.6 Å². The standard InChI is InChI=1S/2C8H16O.C4H10.2C2H6.CH4.H2/c2*1-7(2)8-3-5-9-6-4-8;1-4(2)3;2*1-2;;/h2*7-8H,3-6H2,1-2H3;4H,1-3H3;2*1-2H3;1H4;1H/i;;;;;;1+1. The van der Waals surface area contributed by atoms with Gasteiger partial charge in [0.2, 0.25) is 0 Å². The van der Waals surface area contributed by atoms with Crippen LogP contribution in [0.25, 0.3) is 0 Å². The van der Waals surface area contributed by atoms with Crippen LogP contribution in [0.2, 0.25) is 0 Å². The fourth-order valence-electron chi connectivity index (χ4n) is 2.76. The van der Waals surface area contributed by atoms with E-state index in [1.165, 1.54) is 25.7 Å². The van der Waals surface area contributed by atoms with E-state index in [-0.39, 0.29) is 8.85 Å². The minimum Gasteiger partial charge on any atom is -0.381 e. The zero-order chi connectivity index (χ0) is 21.0. The zero-order valence-corrected chi connectivity index (χ0v) is 20.4. The van der Waals surface area contributed by atoms with Crippen molar-refractivity contribution in [3.63, 3.8) is 0 Å². The molecule has 0 amide bonds. The Morgan fingerprint density at radius 1 is 0.556 bits per heavy atom. The molecule has 2 fully saturated rings. The van der Waals surface area contributed by atoms with Gasteiger partial charge in [-0.05, 0) is 55.3 Å². The maximum atomic E-state index is 5.25. The fraction of sp³-hybridized carbons (Fsp3) is 1.00. The molecule has 2 aliphatic rings. The highest BCUT2D eigenvalue weighted by atomic mass is 16.5. The van der Waals surface area contributed by atoms with Crippen molar-refractivity contribution in [1.29, 1.82) is 0 Å². The first-order chi connectivity index (χ1) is 12.3. The summed E-state index contributed by atoms with van der Waals surface area (Å²) in [7, 11) is 0. The van der Waals surface area contributed by atoms with Gasteiger partial charge in [0.1, 0.15) is 0 Å². The Morgan fingerprint density at radius 2 is 0.741 bits per heavy atom. The number of rotatable bonds is 2. The Kier molecular flexibility index (Phi) is 33.1. The quantitative estimate of drug-likeness (QED) is 0.467. The molecule has 0 aromatic heterocycles. The third kappa shape index (κ3) is 25.9. The molecule has 0 radical (unpaired) electrons. The molecule has 0 N–H and O–H groups in total. The largest absolute Gasteiger partial charge is 0.381 e. The van der Waals surface area contributed by atoms with Crippen LogP contribution in [0.1, 0.15) is 111 Å². The van der Waals surface area contributed by atoms with Gasteiger partial charge in [0.25, 0.3) is 0 Å². The van der Waals surface area contributed by atoms with Crippen LogP contribution < -0.4 is 0 Å².